The summed E-state index contributed by atoms with van der Waals surface area (Å²) in [4.78, 5) is 0.556. The molecular formula is C15H14ClFOS. The first kappa shape index (κ1) is 14.4. The van der Waals surface area contributed by atoms with Crippen LogP contribution in [0, 0.1) is 5.82 Å². The number of rotatable bonds is 5. The van der Waals surface area contributed by atoms with Gasteiger partial charge in [-0.05, 0) is 23.8 Å². The number of hydrogen-bond acceptors (Lipinski definition) is 2. The largest absolute Gasteiger partial charge is 0.392 e. The van der Waals surface area contributed by atoms with Gasteiger partial charge in [0, 0.05) is 22.1 Å². The lowest BCUT2D eigenvalue weighted by molar-refractivity contribution is 0.200. The van der Waals surface area contributed by atoms with E-state index in [0.29, 0.717) is 22.1 Å². The van der Waals surface area contributed by atoms with E-state index in [1.807, 2.05) is 18.2 Å². The third-order valence-corrected chi connectivity index (χ3v) is 4.24. The summed E-state index contributed by atoms with van der Waals surface area (Å²) in [7, 11) is 0. The van der Waals surface area contributed by atoms with Crippen LogP contribution in [0.1, 0.15) is 5.56 Å². The molecule has 0 radical (unpaired) electrons. The number of thioether (sulfide) groups is 1. The van der Waals surface area contributed by atoms with E-state index in [1.165, 1.54) is 17.8 Å². The highest BCUT2D eigenvalue weighted by molar-refractivity contribution is 7.99. The standard InChI is InChI=1S/C15H14ClFOS/c16-13-6-2-1-5-11(13)9-12(18)10-19-15-8-4-3-7-14(15)17/h1-8,12,18H,9-10H2. The van der Waals surface area contributed by atoms with Crippen LogP contribution in [0.25, 0.3) is 0 Å². The van der Waals surface area contributed by atoms with Crippen LogP contribution in [0.3, 0.4) is 0 Å². The van der Waals surface area contributed by atoms with Crippen molar-refractivity contribution in [1.29, 1.82) is 0 Å². The Morgan fingerprint density at radius 2 is 1.79 bits per heavy atom. The summed E-state index contributed by atoms with van der Waals surface area (Å²) in [5.74, 6) is 0.184. The molecule has 0 aliphatic carbocycles. The molecule has 1 unspecified atom stereocenters. The molecule has 0 saturated carbocycles. The second-order valence-corrected chi connectivity index (χ2v) is 5.66. The first-order valence-corrected chi connectivity index (χ1v) is 7.32. The normalized spacial score (nSPS) is 12.4. The molecule has 0 spiro atoms. The molecule has 100 valence electrons. The number of benzene rings is 2. The number of halogens is 2. The molecule has 4 heteroatoms. The van der Waals surface area contributed by atoms with E-state index in [1.54, 1.807) is 24.3 Å². The fourth-order valence-corrected chi connectivity index (χ4v) is 2.81. The molecule has 1 atom stereocenters. The Hall–Kier alpha value is -1.03. The van der Waals surface area contributed by atoms with Crippen molar-refractivity contribution in [2.24, 2.45) is 0 Å². The van der Waals surface area contributed by atoms with E-state index in [-0.39, 0.29) is 5.82 Å². The van der Waals surface area contributed by atoms with Crippen LogP contribution >= 0.6 is 23.4 Å². The molecule has 19 heavy (non-hydrogen) atoms. The van der Waals surface area contributed by atoms with Gasteiger partial charge in [0.25, 0.3) is 0 Å². The van der Waals surface area contributed by atoms with Gasteiger partial charge in [0.1, 0.15) is 5.82 Å². The van der Waals surface area contributed by atoms with Crippen molar-refractivity contribution in [1.82, 2.24) is 0 Å². The Kier molecular flexibility index (Phi) is 5.25. The summed E-state index contributed by atoms with van der Waals surface area (Å²) in [5, 5.41) is 10.6. The van der Waals surface area contributed by atoms with Gasteiger partial charge >= 0.3 is 0 Å². The smallest absolute Gasteiger partial charge is 0.136 e. The average Bonchev–Trinajstić information content (AvgIpc) is 2.40. The van der Waals surface area contributed by atoms with Gasteiger partial charge < -0.3 is 5.11 Å². The van der Waals surface area contributed by atoms with Gasteiger partial charge in [0.15, 0.2) is 0 Å². The molecule has 0 fully saturated rings. The van der Waals surface area contributed by atoms with Crippen LogP contribution < -0.4 is 0 Å². The number of aliphatic hydroxyl groups is 1. The van der Waals surface area contributed by atoms with E-state index in [2.05, 4.69) is 0 Å². The number of hydrogen-bond donors (Lipinski definition) is 1. The lowest BCUT2D eigenvalue weighted by atomic mass is 10.1. The topological polar surface area (TPSA) is 20.2 Å². The summed E-state index contributed by atoms with van der Waals surface area (Å²) in [6.45, 7) is 0. The molecule has 0 bridgehead atoms. The zero-order valence-electron chi connectivity index (χ0n) is 10.2. The van der Waals surface area contributed by atoms with E-state index in [9.17, 15) is 9.50 Å². The third-order valence-electron chi connectivity index (χ3n) is 2.68. The van der Waals surface area contributed by atoms with Crippen LogP contribution in [-0.2, 0) is 6.42 Å². The fourth-order valence-electron chi connectivity index (χ4n) is 1.72. The van der Waals surface area contributed by atoms with E-state index >= 15 is 0 Å². The summed E-state index contributed by atoms with van der Waals surface area (Å²) in [6, 6.07) is 14.0. The minimum atomic E-state index is -0.551. The van der Waals surface area contributed by atoms with Crippen molar-refractivity contribution >= 4 is 23.4 Å². The average molecular weight is 297 g/mol. The van der Waals surface area contributed by atoms with Crippen molar-refractivity contribution in [3.05, 3.63) is 64.9 Å². The zero-order chi connectivity index (χ0) is 13.7. The van der Waals surface area contributed by atoms with E-state index < -0.39 is 6.10 Å². The predicted octanol–water partition coefficient (Wildman–Crippen LogP) is 4.17. The molecule has 0 aromatic heterocycles. The highest BCUT2D eigenvalue weighted by atomic mass is 35.5. The molecule has 2 aromatic rings. The minimum absolute atomic E-state index is 0.252. The van der Waals surface area contributed by atoms with Crippen molar-refractivity contribution < 1.29 is 9.50 Å². The highest BCUT2D eigenvalue weighted by Gasteiger charge is 2.10. The minimum Gasteiger partial charge on any atom is -0.392 e. The molecular weight excluding hydrogens is 283 g/mol. The Labute approximate surface area is 121 Å². The highest BCUT2D eigenvalue weighted by Crippen LogP contribution is 2.24. The second-order valence-electron chi connectivity index (χ2n) is 4.19. The molecule has 0 aliphatic rings. The number of aliphatic hydroxyl groups excluding tert-OH is 1. The van der Waals surface area contributed by atoms with E-state index in [0.717, 1.165) is 5.56 Å². The second kappa shape index (κ2) is 6.94. The molecule has 0 amide bonds. The molecule has 0 heterocycles. The third kappa shape index (κ3) is 4.23. The zero-order valence-corrected chi connectivity index (χ0v) is 11.8. The van der Waals surface area contributed by atoms with Gasteiger partial charge in [-0.25, -0.2) is 4.39 Å². The summed E-state index contributed by atoms with van der Waals surface area (Å²) < 4.78 is 13.4. The maximum atomic E-state index is 13.4. The Balaban J connectivity index is 1.90. The summed E-state index contributed by atoms with van der Waals surface area (Å²) in [6.07, 6.45) is -0.0780. The summed E-state index contributed by atoms with van der Waals surface area (Å²) in [5.41, 5.74) is 0.908. The van der Waals surface area contributed by atoms with Gasteiger partial charge in [0.05, 0.1) is 6.10 Å². The molecule has 1 nitrogen and oxygen atoms in total. The van der Waals surface area contributed by atoms with Gasteiger partial charge in [0.2, 0.25) is 0 Å². The lowest BCUT2D eigenvalue weighted by Gasteiger charge is -2.11. The maximum absolute atomic E-state index is 13.4. The van der Waals surface area contributed by atoms with Crippen molar-refractivity contribution in [3.8, 4) is 0 Å². The quantitative estimate of drug-likeness (QED) is 0.836. The Morgan fingerprint density at radius 1 is 1.11 bits per heavy atom. The van der Waals surface area contributed by atoms with Crippen LogP contribution in [0.5, 0.6) is 0 Å². The first-order chi connectivity index (χ1) is 9.16. The Morgan fingerprint density at radius 3 is 2.53 bits per heavy atom. The van der Waals surface area contributed by atoms with Crippen LogP contribution in [-0.4, -0.2) is 17.0 Å². The van der Waals surface area contributed by atoms with Crippen LogP contribution in [0.4, 0.5) is 4.39 Å². The molecule has 2 aromatic carbocycles. The van der Waals surface area contributed by atoms with Crippen molar-refractivity contribution in [2.75, 3.05) is 5.75 Å². The van der Waals surface area contributed by atoms with Gasteiger partial charge in [-0.1, -0.05) is 41.9 Å². The molecule has 2 rings (SSSR count). The van der Waals surface area contributed by atoms with E-state index in [4.69, 9.17) is 11.6 Å². The molecule has 1 N–H and O–H groups in total. The van der Waals surface area contributed by atoms with Crippen molar-refractivity contribution in [3.63, 3.8) is 0 Å². The fraction of sp³-hybridized carbons (Fsp3) is 0.200. The van der Waals surface area contributed by atoms with Crippen LogP contribution in [0.15, 0.2) is 53.4 Å². The van der Waals surface area contributed by atoms with Crippen LogP contribution in [0.2, 0.25) is 5.02 Å². The first-order valence-electron chi connectivity index (χ1n) is 5.95. The lowest BCUT2D eigenvalue weighted by Crippen LogP contribution is -2.13. The van der Waals surface area contributed by atoms with Crippen molar-refractivity contribution in [2.45, 2.75) is 17.4 Å². The molecule has 0 saturated heterocycles. The SMILES string of the molecule is OC(CSc1ccccc1F)Cc1ccccc1Cl. The predicted molar refractivity (Wildman–Crippen MR) is 78.3 cm³/mol. The van der Waals surface area contributed by atoms with Gasteiger partial charge in [-0.2, -0.15) is 0 Å². The van der Waals surface area contributed by atoms with Gasteiger partial charge in [-0.15, -0.1) is 11.8 Å². The summed E-state index contributed by atoms with van der Waals surface area (Å²) >= 11 is 7.34. The molecule has 0 aliphatic heterocycles. The maximum Gasteiger partial charge on any atom is 0.136 e. The monoisotopic (exact) mass is 296 g/mol. The Bertz CT molecular complexity index is 547. The van der Waals surface area contributed by atoms with Gasteiger partial charge in [-0.3, -0.25) is 0 Å².